The molecule has 202 valence electrons. The Bertz CT molecular complexity index is 1030. The summed E-state index contributed by atoms with van der Waals surface area (Å²) in [7, 11) is 0. The molecule has 0 atom stereocenters. The molecule has 2 heterocycles. The van der Waals surface area contributed by atoms with Crippen LogP contribution in [-0.4, -0.2) is 62.3 Å². The summed E-state index contributed by atoms with van der Waals surface area (Å²) in [6, 6.07) is 12.5. The second-order valence-corrected chi connectivity index (χ2v) is 9.75. The highest BCUT2D eigenvalue weighted by molar-refractivity contribution is 5.77. The standard InChI is InChI=1S/C28H36F3N3O3/c1-3-36-24-8-6-23(7-9-24)33-16-12-25(13-17-33)37-19-27(35)34-14-10-21(11-15-34)32-22-5-4-20(2)26(18-22)28(29,30)31/h4-9,18,21,25,32H,3,10-17,19H2,1-2H3. The van der Waals surface area contributed by atoms with E-state index >= 15 is 0 Å². The molecule has 6 nitrogen and oxygen atoms in total. The van der Waals surface area contributed by atoms with Gasteiger partial charge in [0.15, 0.2) is 0 Å². The molecule has 37 heavy (non-hydrogen) atoms. The molecule has 1 amide bonds. The number of nitrogens with one attached hydrogen (secondary N) is 1. The zero-order valence-corrected chi connectivity index (χ0v) is 21.5. The Kier molecular flexibility index (Phi) is 8.84. The molecule has 9 heteroatoms. The summed E-state index contributed by atoms with van der Waals surface area (Å²) in [4.78, 5) is 16.8. The highest BCUT2D eigenvalue weighted by atomic mass is 19.4. The molecule has 2 saturated heterocycles. The van der Waals surface area contributed by atoms with E-state index in [9.17, 15) is 18.0 Å². The van der Waals surface area contributed by atoms with Gasteiger partial charge in [-0.05, 0) is 81.5 Å². The molecule has 0 aromatic heterocycles. The van der Waals surface area contributed by atoms with Crippen LogP contribution < -0.4 is 15.0 Å². The number of carbonyl (C=O) groups is 1. The fraction of sp³-hybridized carbons (Fsp3) is 0.536. The SMILES string of the molecule is CCOc1ccc(N2CCC(OCC(=O)N3CCC(Nc4ccc(C)c(C(F)(F)F)c4)CC3)CC2)cc1. The van der Waals surface area contributed by atoms with Gasteiger partial charge in [-0.1, -0.05) is 6.07 Å². The van der Waals surface area contributed by atoms with Crippen LogP contribution in [0.4, 0.5) is 24.5 Å². The van der Waals surface area contributed by atoms with E-state index in [4.69, 9.17) is 9.47 Å². The maximum absolute atomic E-state index is 13.2. The van der Waals surface area contributed by atoms with E-state index in [-0.39, 0.29) is 30.2 Å². The van der Waals surface area contributed by atoms with Gasteiger partial charge >= 0.3 is 6.18 Å². The molecular formula is C28H36F3N3O3. The Labute approximate surface area is 216 Å². The molecule has 2 fully saturated rings. The number of anilines is 2. The molecule has 0 unspecified atom stereocenters. The van der Waals surface area contributed by atoms with Crippen molar-refractivity contribution in [1.82, 2.24) is 4.90 Å². The van der Waals surface area contributed by atoms with Crippen LogP contribution in [0.2, 0.25) is 0 Å². The average molecular weight is 520 g/mol. The lowest BCUT2D eigenvalue weighted by Gasteiger charge is -2.35. The largest absolute Gasteiger partial charge is 0.494 e. The second-order valence-electron chi connectivity index (χ2n) is 9.75. The Morgan fingerprint density at radius 2 is 1.68 bits per heavy atom. The minimum atomic E-state index is -4.37. The predicted octanol–water partition coefficient (Wildman–Crippen LogP) is 5.50. The van der Waals surface area contributed by atoms with Crippen molar-refractivity contribution < 1.29 is 27.4 Å². The number of benzene rings is 2. The number of hydrogen-bond donors (Lipinski definition) is 1. The van der Waals surface area contributed by atoms with Crippen LogP contribution in [0, 0.1) is 6.92 Å². The Balaban J connectivity index is 1.17. The van der Waals surface area contributed by atoms with E-state index in [1.807, 2.05) is 19.1 Å². The number of piperidine rings is 2. The fourth-order valence-electron chi connectivity index (χ4n) is 5.01. The van der Waals surface area contributed by atoms with Gasteiger partial charge in [-0.2, -0.15) is 13.2 Å². The predicted molar refractivity (Wildman–Crippen MR) is 138 cm³/mol. The topological polar surface area (TPSA) is 54.0 Å². The van der Waals surface area contributed by atoms with E-state index in [0.717, 1.165) is 37.4 Å². The van der Waals surface area contributed by atoms with E-state index in [0.29, 0.717) is 38.2 Å². The normalized spacial score (nSPS) is 17.6. The molecular weight excluding hydrogens is 483 g/mol. The molecule has 0 bridgehead atoms. The third kappa shape index (κ3) is 7.31. The summed E-state index contributed by atoms with van der Waals surface area (Å²) in [5.41, 5.74) is 1.21. The first-order valence-corrected chi connectivity index (χ1v) is 13.0. The molecule has 0 saturated carbocycles. The quantitative estimate of drug-likeness (QED) is 0.499. The lowest BCUT2D eigenvalue weighted by Crippen LogP contribution is -2.45. The van der Waals surface area contributed by atoms with Gasteiger partial charge in [-0.25, -0.2) is 0 Å². The van der Waals surface area contributed by atoms with Gasteiger partial charge in [0, 0.05) is 43.6 Å². The fourth-order valence-corrected chi connectivity index (χ4v) is 5.01. The van der Waals surface area contributed by atoms with Crippen LogP contribution in [0.1, 0.15) is 43.7 Å². The highest BCUT2D eigenvalue weighted by Crippen LogP contribution is 2.34. The molecule has 2 aliphatic heterocycles. The number of rotatable bonds is 8. The highest BCUT2D eigenvalue weighted by Gasteiger charge is 2.33. The number of ether oxygens (including phenoxy) is 2. The van der Waals surface area contributed by atoms with Crippen LogP contribution in [-0.2, 0) is 15.7 Å². The number of alkyl halides is 3. The molecule has 0 spiro atoms. The van der Waals surface area contributed by atoms with Crippen molar-refractivity contribution in [3.8, 4) is 5.75 Å². The van der Waals surface area contributed by atoms with Gasteiger partial charge < -0.3 is 24.6 Å². The van der Waals surface area contributed by atoms with Gasteiger partial charge in [0.2, 0.25) is 5.91 Å². The Morgan fingerprint density at radius 1 is 1.00 bits per heavy atom. The number of likely N-dealkylation sites (tertiary alicyclic amines) is 1. The number of aryl methyl sites for hydroxylation is 1. The number of amides is 1. The first-order valence-electron chi connectivity index (χ1n) is 13.0. The summed E-state index contributed by atoms with van der Waals surface area (Å²) in [5.74, 6) is 0.843. The van der Waals surface area contributed by atoms with Crippen molar-refractivity contribution in [2.24, 2.45) is 0 Å². The monoisotopic (exact) mass is 519 g/mol. The Morgan fingerprint density at radius 3 is 2.30 bits per heavy atom. The van der Waals surface area contributed by atoms with Crippen molar-refractivity contribution >= 4 is 17.3 Å². The first kappa shape index (κ1) is 27.1. The van der Waals surface area contributed by atoms with Crippen LogP contribution in [0.15, 0.2) is 42.5 Å². The van der Waals surface area contributed by atoms with Crippen molar-refractivity contribution in [2.75, 3.05) is 49.6 Å². The summed E-state index contributed by atoms with van der Waals surface area (Å²) in [5, 5.41) is 3.21. The summed E-state index contributed by atoms with van der Waals surface area (Å²) >= 11 is 0. The van der Waals surface area contributed by atoms with Crippen LogP contribution in [0.3, 0.4) is 0 Å². The first-order chi connectivity index (χ1) is 17.7. The molecule has 2 aliphatic rings. The van der Waals surface area contributed by atoms with Gasteiger partial charge in [0.25, 0.3) is 0 Å². The maximum atomic E-state index is 13.2. The van der Waals surface area contributed by atoms with Crippen molar-refractivity contribution in [2.45, 2.75) is 57.9 Å². The van der Waals surface area contributed by atoms with Crippen molar-refractivity contribution in [3.05, 3.63) is 53.6 Å². The lowest BCUT2D eigenvalue weighted by molar-refractivity contribution is -0.139. The van der Waals surface area contributed by atoms with Crippen LogP contribution in [0.25, 0.3) is 0 Å². The van der Waals surface area contributed by atoms with Gasteiger partial charge in [-0.15, -0.1) is 0 Å². The minimum absolute atomic E-state index is 0.0258. The van der Waals surface area contributed by atoms with Crippen molar-refractivity contribution in [3.63, 3.8) is 0 Å². The zero-order chi connectivity index (χ0) is 26.4. The lowest BCUT2D eigenvalue weighted by atomic mass is 10.0. The van der Waals surface area contributed by atoms with Gasteiger partial charge in [0.1, 0.15) is 12.4 Å². The molecule has 0 aliphatic carbocycles. The van der Waals surface area contributed by atoms with E-state index in [1.54, 1.807) is 11.0 Å². The number of carbonyl (C=O) groups excluding carboxylic acids is 1. The zero-order valence-electron chi connectivity index (χ0n) is 21.5. The van der Waals surface area contributed by atoms with Gasteiger partial charge in [-0.3, -0.25) is 4.79 Å². The minimum Gasteiger partial charge on any atom is -0.494 e. The second kappa shape index (κ2) is 12.1. The van der Waals surface area contributed by atoms with E-state index in [2.05, 4.69) is 22.3 Å². The number of hydrogen-bond acceptors (Lipinski definition) is 5. The van der Waals surface area contributed by atoms with Crippen LogP contribution >= 0.6 is 0 Å². The molecule has 0 radical (unpaired) electrons. The third-order valence-corrected chi connectivity index (χ3v) is 7.16. The average Bonchev–Trinajstić information content (AvgIpc) is 2.89. The Hall–Kier alpha value is -2.94. The van der Waals surface area contributed by atoms with Crippen LogP contribution in [0.5, 0.6) is 5.75 Å². The van der Waals surface area contributed by atoms with Gasteiger partial charge in [0.05, 0.1) is 18.3 Å². The third-order valence-electron chi connectivity index (χ3n) is 7.16. The summed E-state index contributed by atoms with van der Waals surface area (Å²) in [6.07, 6.45) is -1.22. The number of nitrogens with zero attached hydrogens (tertiary/aromatic N) is 2. The molecule has 1 N–H and O–H groups in total. The van der Waals surface area contributed by atoms with Crippen molar-refractivity contribution in [1.29, 1.82) is 0 Å². The smallest absolute Gasteiger partial charge is 0.416 e. The summed E-state index contributed by atoms with van der Waals surface area (Å²) < 4.78 is 51.1. The summed E-state index contributed by atoms with van der Waals surface area (Å²) in [6.45, 7) is 7.02. The molecule has 2 aromatic carbocycles. The number of halogens is 3. The van der Waals surface area contributed by atoms with E-state index < -0.39 is 11.7 Å². The molecule has 4 rings (SSSR count). The van der Waals surface area contributed by atoms with E-state index in [1.165, 1.54) is 19.1 Å². The maximum Gasteiger partial charge on any atom is 0.416 e. The molecule has 2 aromatic rings.